The number of fused-ring (bicyclic) bond motifs is 2. The summed E-state index contributed by atoms with van der Waals surface area (Å²) in [6.45, 7) is 2.33. The molecule has 1 aliphatic carbocycles. The third kappa shape index (κ3) is 5.05. The van der Waals surface area contributed by atoms with E-state index in [0.29, 0.717) is 50.2 Å². The van der Waals surface area contributed by atoms with Crippen molar-refractivity contribution in [1.29, 1.82) is 0 Å². The van der Waals surface area contributed by atoms with Crippen molar-refractivity contribution < 1.29 is 0 Å². The molecule has 1 unspecified atom stereocenters. The average Bonchev–Trinajstić information content (AvgIpc) is 3.35. The van der Waals surface area contributed by atoms with Crippen LogP contribution in [0.4, 0.5) is 11.6 Å². The third-order valence-corrected chi connectivity index (χ3v) is 8.90. The topological polar surface area (TPSA) is 66.3 Å². The highest BCUT2D eigenvalue weighted by molar-refractivity contribution is 6.39. The molecule has 1 saturated heterocycles. The molecule has 7 nitrogen and oxygen atoms in total. The summed E-state index contributed by atoms with van der Waals surface area (Å²) in [7, 11) is 6.23. The van der Waals surface area contributed by atoms with E-state index in [1.165, 1.54) is 37.1 Å². The minimum atomic E-state index is -0.206. The van der Waals surface area contributed by atoms with Gasteiger partial charge in [-0.2, -0.15) is 4.98 Å². The minimum absolute atomic E-state index is 0.206. The molecule has 2 aliphatic rings. The molecule has 6 rings (SSSR count). The molecule has 1 atom stereocenters. The molecule has 39 heavy (non-hydrogen) atoms. The lowest BCUT2D eigenvalue weighted by molar-refractivity contribution is 0.111. The number of likely N-dealkylation sites (tertiary alicyclic amines) is 1. The zero-order valence-corrected chi connectivity index (χ0v) is 23.9. The number of hydrogen-bond donors (Lipinski definition) is 1. The molecule has 1 aliphatic heterocycles. The van der Waals surface area contributed by atoms with Crippen LogP contribution in [0.1, 0.15) is 24.0 Å². The number of anilines is 2. The van der Waals surface area contributed by atoms with Crippen LogP contribution < -0.4 is 10.7 Å². The summed E-state index contributed by atoms with van der Waals surface area (Å²) in [5.41, 5.74) is 5.02. The molecule has 1 N–H and O–H groups in total. The van der Waals surface area contributed by atoms with Crippen LogP contribution in [-0.4, -0.2) is 63.6 Å². The van der Waals surface area contributed by atoms with Crippen molar-refractivity contribution in [3.05, 3.63) is 80.2 Å². The summed E-state index contributed by atoms with van der Waals surface area (Å²) < 4.78 is 1.81. The van der Waals surface area contributed by atoms with Crippen LogP contribution in [0.15, 0.2) is 53.6 Å². The Kier molecular flexibility index (Phi) is 7.10. The van der Waals surface area contributed by atoms with E-state index in [2.05, 4.69) is 57.4 Å². The largest absolute Gasteiger partial charge is 0.335 e. The molecular weight excluding hydrogens is 531 g/mol. The van der Waals surface area contributed by atoms with Gasteiger partial charge in [-0.3, -0.25) is 9.69 Å². The van der Waals surface area contributed by atoms with E-state index < -0.39 is 0 Å². The maximum atomic E-state index is 13.4. The van der Waals surface area contributed by atoms with Crippen molar-refractivity contribution in [2.24, 2.45) is 7.05 Å². The highest BCUT2D eigenvalue weighted by Gasteiger charge is 2.30. The number of nitrogens with one attached hydrogen (secondary N) is 1. The summed E-state index contributed by atoms with van der Waals surface area (Å²) in [4.78, 5) is 27.5. The van der Waals surface area contributed by atoms with E-state index in [9.17, 15) is 4.79 Å². The number of rotatable bonds is 5. The molecule has 4 aromatic rings. The predicted octanol–water partition coefficient (Wildman–Crippen LogP) is 5.54. The SMILES string of the molecule is CN(C)C1CCN(C2Cc3ccc(Nc4ncc5c(=O)c(-c6c(Cl)cccc6Cl)cn(C)c5n4)cc3C2)CC1. The standard InChI is InChI=1S/C30H32Cl2N6O/c1-36(2)21-9-11-38(12-10-21)22-14-18-7-8-20(13-19(18)15-22)34-30-33-16-23-28(39)24(17-37(3)29(23)35-30)27-25(31)5-4-6-26(27)32/h4-8,13,16-17,21-22H,9-12,14-15H2,1-3H3,(H,33,34,35). The highest BCUT2D eigenvalue weighted by Crippen LogP contribution is 2.34. The van der Waals surface area contributed by atoms with Crippen molar-refractivity contribution in [3.8, 4) is 11.1 Å². The van der Waals surface area contributed by atoms with Crippen LogP contribution in [0.2, 0.25) is 10.0 Å². The van der Waals surface area contributed by atoms with Crippen molar-refractivity contribution in [3.63, 3.8) is 0 Å². The van der Waals surface area contributed by atoms with Gasteiger partial charge < -0.3 is 14.8 Å². The van der Waals surface area contributed by atoms with E-state index in [-0.39, 0.29) is 5.43 Å². The fourth-order valence-corrected chi connectivity index (χ4v) is 6.68. The van der Waals surface area contributed by atoms with Gasteiger partial charge in [0, 0.05) is 48.3 Å². The molecule has 1 fully saturated rings. The number of nitrogens with zero attached hydrogens (tertiary/aromatic N) is 5. The summed E-state index contributed by atoms with van der Waals surface area (Å²) in [6, 6.07) is 13.0. The van der Waals surface area contributed by atoms with Gasteiger partial charge in [0.25, 0.3) is 0 Å². The Hall–Kier alpha value is -2.97. The normalized spacial score (nSPS) is 18.2. The zero-order chi connectivity index (χ0) is 27.3. The predicted molar refractivity (Wildman–Crippen MR) is 159 cm³/mol. The van der Waals surface area contributed by atoms with Crippen molar-refractivity contribution in [2.45, 2.75) is 37.8 Å². The first-order valence-corrected chi connectivity index (χ1v) is 14.1. The fourth-order valence-electron chi connectivity index (χ4n) is 6.08. The summed E-state index contributed by atoms with van der Waals surface area (Å²) >= 11 is 12.8. The maximum Gasteiger partial charge on any atom is 0.229 e. The number of pyridine rings is 1. The van der Waals surface area contributed by atoms with Gasteiger partial charge in [0.15, 0.2) is 0 Å². The van der Waals surface area contributed by atoms with Gasteiger partial charge >= 0.3 is 0 Å². The van der Waals surface area contributed by atoms with Gasteiger partial charge in [-0.1, -0.05) is 35.3 Å². The van der Waals surface area contributed by atoms with Crippen LogP contribution >= 0.6 is 23.2 Å². The molecule has 0 radical (unpaired) electrons. The summed E-state index contributed by atoms with van der Waals surface area (Å²) in [5, 5.41) is 4.61. The first-order chi connectivity index (χ1) is 18.8. The lowest BCUT2D eigenvalue weighted by Crippen LogP contribution is -2.46. The van der Waals surface area contributed by atoms with E-state index >= 15 is 0 Å². The fraction of sp³-hybridized carbons (Fsp3) is 0.367. The highest BCUT2D eigenvalue weighted by atomic mass is 35.5. The van der Waals surface area contributed by atoms with E-state index in [1.807, 2.05) is 11.6 Å². The van der Waals surface area contributed by atoms with Gasteiger partial charge in [0.1, 0.15) is 5.65 Å². The molecule has 9 heteroatoms. The van der Waals surface area contributed by atoms with E-state index in [4.69, 9.17) is 23.2 Å². The second-order valence-electron chi connectivity index (χ2n) is 10.9. The van der Waals surface area contributed by atoms with Gasteiger partial charge in [-0.25, -0.2) is 4.98 Å². The van der Waals surface area contributed by atoms with Gasteiger partial charge in [-0.05, 0) is 88.3 Å². The Bertz CT molecular complexity index is 1590. The molecule has 202 valence electrons. The van der Waals surface area contributed by atoms with Gasteiger partial charge in [0.05, 0.1) is 15.4 Å². The zero-order valence-electron chi connectivity index (χ0n) is 22.4. The van der Waals surface area contributed by atoms with Crippen LogP contribution in [0.5, 0.6) is 0 Å². The molecule has 0 amide bonds. The number of aryl methyl sites for hydroxylation is 1. The monoisotopic (exact) mass is 562 g/mol. The Morgan fingerprint density at radius 3 is 2.46 bits per heavy atom. The first-order valence-electron chi connectivity index (χ1n) is 13.4. The molecular formula is C30H32Cl2N6O. The second-order valence-corrected chi connectivity index (χ2v) is 11.7. The smallest absolute Gasteiger partial charge is 0.229 e. The Balaban J connectivity index is 1.21. The number of piperidine rings is 1. The second kappa shape index (κ2) is 10.5. The van der Waals surface area contributed by atoms with Crippen LogP contribution in [0, 0.1) is 0 Å². The Morgan fingerprint density at radius 1 is 1.03 bits per heavy atom. The van der Waals surface area contributed by atoms with Crippen molar-refractivity contribution >= 4 is 45.9 Å². The molecule has 3 heterocycles. The van der Waals surface area contributed by atoms with Gasteiger partial charge in [0.2, 0.25) is 11.4 Å². The molecule has 2 aromatic heterocycles. The molecule has 2 aromatic carbocycles. The minimum Gasteiger partial charge on any atom is -0.335 e. The molecule has 0 saturated carbocycles. The number of aromatic nitrogens is 3. The van der Waals surface area contributed by atoms with Crippen LogP contribution in [-0.2, 0) is 19.9 Å². The van der Waals surface area contributed by atoms with Crippen LogP contribution in [0.3, 0.4) is 0 Å². The molecule has 0 bridgehead atoms. The van der Waals surface area contributed by atoms with Crippen LogP contribution in [0.25, 0.3) is 22.2 Å². The molecule has 0 spiro atoms. The maximum absolute atomic E-state index is 13.4. The Labute approximate surface area is 238 Å². The van der Waals surface area contributed by atoms with Crippen molar-refractivity contribution in [1.82, 2.24) is 24.3 Å². The van der Waals surface area contributed by atoms with E-state index in [0.717, 1.165) is 18.5 Å². The van der Waals surface area contributed by atoms with Crippen molar-refractivity contribution in [2.75, 3.05) is 32.5 Å². The van der Waals surface area contributed by atoms with Gasteiger partial charge in [-0.15, -0.1) is 0 Å². The quantitative estimate of drug-likeness (QED) is 0.344. The first kappa shape index (κ1) is 26.3. The lowest BCUT2D eigenvalue weighted by atomic mass is 10.0. The number of benzene rings is 2. The third-order valence-electron chi connectivity index (χ3n) is 8.27. The van der Waals surface area contributed by atoms with E-state index in [1.54, 1.807) is 30.6 Å². The number of hydrogen-bond acceptors (Lipinski definition) is 6. The Morgan fingerprint density at radius 2 is 1.74 bits per heavy atom. The average molecular weight is 564 g/mol. The lowest BCUT2D eigenvalue weighted by Gasteiger charge is -2.38. The summed E-state index contributed by atoms with van der Waals surface area (Å²) in [6.07, 6.45) is 7.95. The summed E-state index contributed by atoms with van der Waals surface area (Å²) in [5.74, 6) is 0.446. The number of halogens is 2.